The van der Waals surface area contributed by atoms with Gasteiger partial charge in [0.05, 0.1) is 3.79 Å². The molecule has 0 aromatic carbocycles. The van der Waals surface area contributed by atoms with Gasteiger partial charge in [-0.25, -0.2) is 0 Å². The van der Waals surface area contributed by atoms with Crippen LogP contribution in [0.5, 0.6) is 0 Å². The van der Waals surface area contributed by atoms with E-state index >= 15 is 0 Å². The highest BCUT2D eigenvalue weighted by atomic mass is 79.9. The molecule has 0 saturated carbocycles. The van der Waals surface area contributed by atoms with Crippen molar-refractivity contribution in [1.82, 2.24) is 0 Å². The van der Waals surface area contributed by atoms with E-state index in [9.17, 15) is 4.79 Å². The van der Waals surface area contributed by atoms with Crippen LogP contribution in [0.1, 0.15) is 4.88 Å². The fourth-order valence-electron chi connectivity index (χ4n) is 1.06. The SMILES string of the molecule is COC(OC)C(=O)Cc1ccc(Br)s1. The highest BCUT2D eigenvalue weighted by Gasteiger charge is 2.17. The third-order valence-corrected chi connectivity index (χ3v) is 3.29. The first-order valence-corrected chi connectivity index (χ1v) is 5.61. The lowest BCUT2D eigenvalue weighted by Gasteiger charge is -2.10. The molecule has 14 heavy (non-hydrogen) atoms. The number of methoxy groups -OCH3 is 2. The second-order valence-corrected chi connectivity index (χ2v) is 5.20. The minimum atomic E-state index is -0.754. The van der Waals surface area contributed by atoms with Gasteiger partial charge in [-0.15, -0.1) is 11.3 Å². The molecule has 0 aliphatic carbocycles. The number of hydrogen-bond acceptors (Lipinski definition) is 4. The number of rotatable bonds is 5. The standard InChI is InChI=1S/C9H11BrO3S/c1-12-9(13-2)7(11)5-6-3-4-8(10)14-6/h3-4,9H,5H2,1-2H3. The maximum absolute atomic E-state index is 11.5. The van der Waals surface area contributed by atoms with Crippen LogP contribution in [0.4, 0.5) is 0 Å². The molecule has 1 aromatic heterocycles. The second-order valence-electron chi connectivity index (χ2n) is 2.65. The summed E-state index contributed by atoms with van der Waals surface area (Å²) >= 11 is 4.88. The predicted octanol–water partition coefficient (Wildman–Crippen LogP) is 2.24. The van der Waals surface area contributed by atoms with Crippen molar-refractivity contribution in [3.05, 3.63) is 20.8 Å². The van der Waals surface area contributed by atoms with Crippen molar-refractivity contribution < 1.29 is 14.3 Å². The molecule has 0 aliphatic heterocycles. The Kier molecular flexibility index (Phi) is 4.74. The maximum Gasteiger partial charge on any atom is 0.217 e. The average Bonchev–Trinajstić information content (AvgIpc) is 2.53. The summed E-state index contributed by atoms with van der Waals surface area (Å²) in [6.45, 7) is 0. The quantitative estimate of drug-likeness (QED) is 0.775. The molecule has 1 aromatic rings. The molecule has 0 saturated heterocycles. The number of carbonyl (C=O) groups is 1. The van der Waals surface area contributed by atoms with E-state index in [0.29, 0.717) is 6.42 Å². The van der Waals surface area contributed by atoms with Crippen molar-refractivity contribution >= 4 is 33.0 Å². The minimum Gasteiger partial charge on any atom is -0.349 e. The molecule has 0 unspecified atom stereocenters. The summed E-state index contributed by atoms with van der Waals surface area (Å²) < 4.78 is 10.7. The Bertz CT molecular complexity index is 307. The number of halogens is 1. The molecule has 0 bridgehead atoms. The van der Waals surface area contributed by atoms with Crippen molar-refractivity contribution in [3.63, 3.8) is 0 Å². The van der Waals surface area contributed by atoms with Crippen LogP contribution >= 0.6 is 27.3 Å². The van der Waals surface area contributed by atoms with Crippen molar-refractivity contribution in [2.45, 2.75) is 12.7 Å². The van der Waals surface area contributed by atoms with Crippen molar-refractivity contribution in [2.24, 2.45) is 0 Å². The highest BCUT2D eigenvalue weighted by molar-refractivity contribution is 9.11. The van der Waals surface area contributed by atoms with Crippen LogP contribution in [0.2, 0.25) is 0 Å². The van der Waals surface area contributed by atoms with Crippen LogP contribution in [-0.2, 0) is 20.7 Å². The molecule has 0 amide bonds. The summed E-state index contributed by atoms with van der Waals surface area (Å²) in [5.74, 6) is -0.0654. The largest absolute Gasteiger partial charge is 0.349 e. The van der Waals surface area contributed by atoms with Gasteiger partial charge in [0.1, 0.15) is 0 Å². The summed E-state index contributed by atoms with van der Waals surface area (Å²) in [6, 6.07) is 3.83. The summed E-state index contributed by atoms with van der Waals surface area (Å²) in [6.07, 6.45) is -0.404. The lowest BCUT2D eigenvalue weighted by atomic mass is 10.2. The lowest BCUT2D eigenvalue weighted by Crippen LogP contribution is -2.26. The van der Waals surface area contributed by atoms with E-state index in [1.54, 1.807) is 0 Å². The molecule has 78 valence electrons. The van der Waals surface area contributed by atoms with Gasteiger partial charge >= 0.3 is 0 Å². The van der Waals surface area contributed by atoms with Gasteiger partial charge in [0.25, 0.3) is 0 Å². The molecule has 0 N–H and O–H groups in total. The summed E-state index contributed by atoms with van der Waals surface area (Å²) in [7, 11) is 2.91. The molecule has 0 spiro atoms. The number of ether oxygens (including phenoxy) is 2. The molecule has 1 heterocycles. The Balaban J connectivity index is 2.56. The predicted molar refractivity (Wildman–Crippen MR) is 58.5 cm³/mol. The number of carbonyl (C=O) groups excluding carboxylic acids is 1. The molecule has 1 rings (SSSR count). The smallest absolute Gasteiger partial charge is 0.217 e. The molecule has 5 heteroatoms. The zero-order chi connectivity index (χ0) is 10.6. The van der Waals surface area contributed by atoms with Gasteiger partial charge in [0.15, 0.2) is 5.78 Å². The number of ketones is 1. The Labute approximate surface area is 95.2 Å². The third-order valence-electron chi connectivity index (χ3n) is 1.67. The first-order valence-electron chi connectivity index (χ1n) is 4.00. The van der Waals surface area contributed by atoms with Crippen LogP contribution in [0, 0.1) is 0 Å². The van der Waals surface area contributed by atoms with E-state index in [1.165, 1.54) is 25.6 Å². The lowest BCUT2D eigenvalue weighted by molar-refractivity contribution is -0.155. The van der Waals surface area contributed by atoms with Crippen molar-refractivity contribution in [3.8, 4) is 0 Å². The molecule has 0 atom stereocenters. The third kappa shape index (κ3) is 3.16. The van der Waals surface area contributed by atoms with Crippen LogP contribution in [0.3, 0.4) is 0 Å². The number of hydrogen-bond donors (Lipinski definition) is 0. The maximum atomic E-state index is 11.5. The highest BCUT2D eigenvalue weighted by Crippen LogP contribution is 2.22. The van der Waals surface area contributed by atoms with E-state index in [4.69, 9.17) is 9.47 Å². The summed E-state index contributed by atoms with van der Waals surface area (Å²) in [5, 5.41) is 0. The number of thiophene rings is 1. The number of Topliss-reactive ketones (excluding diaryl/α,β-unsaturated/α-hetero) is 1. The van der Waals surface area contributed by atoms with Gasteiger partial charge in [-0.2, -0.15) is 0 Å². The van der Waals surface area contributed by atoms with Crippen LogP contribution in [0.25, 0.3) is 0 Å². The molecule has 3 nitrogen and oxygen atoms in total. The van der Waals surface area contributed by atoms with Gasteiger partial charge in [0.2, 0.25) is 6.29 Å². The topological polar surface area (TPSA) is 35.5 Å². The summed E-state index contributed by atoms with van der Waals surface area (Å²) in [5.41, 5.74) is 0. The molecular weight excluding hydrogens is 268 g/mol. The zero-order valence-corrected chi connectivity index (χ0v) is 10.4. The Morgan fingerprint density at radius 2 is 2.14 bits per heavy atom. The Morgan fingerprint density at radius 3 is 2.57 bits per heavy atom. The Hall–Kier alpha value is -0.230. The van der Waals surface area contributed by atoms with E-state index in [1.807, 2.05) is 12.1 Å². The molecule has 0 aliphatic rings. The first-order chi connectivity index (χ1) is 6.67. The van der Waals surface area contributed by atoms with Gasteiger partial charge in [-0.3, -0.25) is 4.79 Å². The Morgan fingerprint density at radius 1 is 1.50 bits per heavy atom. The fraction of sp³-hybridized carbons (Fsp3) is 0.444. The normalized spacial score (nSPS) is 10.9. The van der Waals surface area contributed by atoms with Gasteiger partial charge in [-0.1, -0.05) is 0 Å². The monoisotopic (exact) mass is 278 g/mol. The minimum absolute atomic E-state index is 0.0654. The molecule has 0 radical (unpaired) electrons. The first kappa shape index (κ1) is 11.8. The van der Waals surface area contributed by atoms with Crippen LogP contribution in [0.15, 0.2) is 15.9 Å². The second kappa shape index (κ2) is 5.60. The van der Waals surface area contributed by atoms with E-state index in [0.717, 1.165) is 8.66 Å². The van der Waals surface area contributed by atoms with Crippen LogP contribution in [-0.4, -0.2) is 26.3 Å². The average molecular weight is 279 g/mol. The fourth-order valence-corrected chi connectivity index (χ4v) is 2.55. The molecule has 0 fully saturated rings. The van der Waals surface area contributed by atoms with E-state index in [-0.39, 0.29) is 5.78 Å². The summed E-state index contributed by atoms with van der Waals surface area (Å²) in [4.78, 5) is 12.5. The van der Waals surface area contributed by atoms with Gasteiger partial charge in [-0.05, 0) is 28.1 Å². The van der Waals surface area contributed by atoms with Crippen LogP contribution < -0.4 is 0 Å². The van der Waals surface area contributed by atoms with Crippen molar-refractivity contribution in [1.29, 1.82) is 0 Å². The van der Waals surface area contributed by atoms with E-state index < -0.39 is 6.29 Å². The van der Waals surface area contributed by atoms with E-state index in [2.05, 4.69) is 15.9 Å². The van der Waals surface area contributed by atoms with Crippen molar-refractivity contribution in [2.75, 3.05) is 14.2 Å². The van der Waals surface area contributed by atoms with Gasteiger partial charge < -0.3 is 9.47 Å². The van der Waals surface area contributed by atoms with Gasteiger partial charge in [0, 0.05) is 25.5 Å². The zero-order valence-electron chi connectivity index (χ0n) is 7.95. The molecular formula is C9H11BrO3S.